The van der Waals surface area contributed by atoms with Crippen LogP contribution in [0.2, 0.25) is 0 Å². The van der Waals surface area contributed by atoms with Crippen LogP contribution in [0, 0.1) is 0 Å². The summed E-state index contributed by atoms with van der Waals surface area (Å²) in [5.74, 6) is 1.02. The van der Waals surface area contributed by atoms with E-state index >= 15 is 0 Å². The number of carbonyl (C=O) groups excluding carboxylic acids is 3. The summed E-state index contributed by atoms with van der Waals surface area (Å²) in [4.78, 5) is 72.8. The van der Waals surface area contributed by atoms with Crippen molar-refractivity contribution in [2.45, 2.75) is 46.7 Å². The van der Waals surface area contributed by atoms with E-state index in [1.165, 1.54) is 14.0 Å². The zero-order valence-corrected chi connectivity index (χ0v) is 28.8. The zero-order chi connectivity index (χ0) is 35.8. The maximum absolute atomic E-state index is 13.7. The van der Waals surface area contributed by atoms with Crippen molar-refractivity contribution < 1.29 is 19.1 Å². The second-order valence-electron chi connectivity index (χ2n) is 12.0. The number of pyridine rings is 1. The van der Waals surface area contributed by atoms with Crippen LogP contribution in [0.3, 0.4) is 0 Å². The standard InChI is InChI=1S/C36H43N9O5/c1-6-12-44(34(47)18-37-22(3)46)20-33-40-17-31(43-33)25-8-10-26-29(15-25)41-28-11-9-24(14-27(28)36(26)49)30-16-39-32(42-30)21-45(13-7-2)35(48)19-38-23(4)50-5/h8-11,14-17,38H,4,6-7,12-13,18-21H2,1-3,5H3,(H,37,46)(H,39,42)(H,40,43)(H,41,49). The van der Waals surface area contributed by atoms with Crippen LogP contribution in [-0.2, 0) is 32.2 Å². The largest absolute Gasteiger partial charge is 0.483 e. The number of nitrogens with one attached hydrogen (secondary N) is 5. The molecule has 3 amide bonds. The summed E-state index contributed by atoms with van der Waals surface area (Å²) in [5.41, 5.74) is 4.35. The lowest BCUT2D eigenvalue weighted by Crippen LogP contribution is -2.39. The number of hydrogen-bond acceptors (Lipinski definition) is 8. The number of imidazole rings is 2. The molecular weight excluding hydrogens is 638 g/mol. The highest BCUT2D eigenvalue weighted by Gasteiger charge is 2.18. The number of amides is 3. The summed E-state index contributed by atoms with van der Waals surface area (Å²) in [6.45, 7) is 10.7. The Morgan fingerprint density at radius 2 is 1.34 bits per heavy atom. The van der Waals surface area contributed by atoms with Crippen LogP contribution >= 0.6 is 0 Å². The molecule has 2 aromatic carbocycles. The van der Waals surface area contributed by atoms with Crippen molar-refractivity contribution in [3.63, 3.8) is 0 Å². The molecule has 0 aliphatic carbocycles. The molecule has 0 atom stereocenters. The average molecular weight is 682 g/mol. The minimum atomic E-state index is -0.259. The third kappa shape index (κ3) is 8.38. The molecule has 5 aromatic rings. The van der Waals surface area contributed by atoms with E-state index in [4.69, 9.17) is 4.74 Å². The fourth-order valence-corrected chi connectivity index (χ4v) is 5.65. The van der Waals surface area contributed by atoms with Gasteiger partial charge < -0.3 is 40.1 Å². The molecule has 0 bridgehead atoms. The van der Waals surface area contributed by atoms with Gasteiger partial charge in [-0.2, -0.15) is 0 Å². The van der Waals surface area contributed by atoms with Crippen molar-refractivity contribution in [1.82, 2.24) is 45.4 Å². The lowest BCUT2D eigenvalue weighted by Gasteiger charge is -2.21. The Balaban J connectivity index is 1.34. The second-order valence-corrected chi connectivity index (χ2v) is 12.0. The number of hydrogen-bond donors (Lipinski definition) is 5. The maximum atomic E-state index is 13.7. The van der Waals surface area contributed by atoms with Crippen molar-refractivity contribution in [3.05, 3.63) is 83.1 Å². The van der Waals surface area contributed by atoms with Gasteiger partial charge in [0, 0.05) is 47.4 Å². The number of aromatic nitrogens is 5. The van der Waals surface area contributed by atoms with Gasteiger partial charge in [-0.15, -0.1) is 0 Å². The highest BCUT2D eigenvalue weighted by molar-refractivity contribution is 5.95. The number of rotatable bonds is 16. The first-order valence-corrected chi connectivity index (χ1v) is 16.5. The summed E-state index contributed by atoms with van der Waals surface area (Å²) in [6.07, 6.45) is 4.96. The van der Waals surface area contributed by atoms with Crippen LogP contribution < -0.4 is 16.1 Å². The topological polar surface area (TPSA) is 181 Å². The number of methoxy groups -OCH3 is 1. The maximum Gasteiger partial charge on any atom is 0.242 e. The first kappa shape index (κ1) is 35.4. The van der Waals surface area contributed by atoms with E-state index in [1.54, 1.807) is 28.3 Å². The van der Waals surface area contributed by atoms with E-state index in [0.29, 0.717) is 59.0 Å². The van der Waals surface area contributed by atoms with Gasteiger partial charge in [-0.25, -0.2) is 9.97 Å². The molecule has 3 aromatic heterocycles. The van der Waals surface area contributed by atoms with E-state index in [1.807, 2.05) is 44.2 Å². The fourth-order valence-electron chi connectivity index (χ4n) is 5.65. The van der Waals surface area contributed by atoms with Gasteiger partial charge in [0.25, 0.3) is 0 Å². The average Bonchev–Trinajstić information content (AvgIpc) is 3.79. The number of H-pyrrole nitrogens is 3. The van der Waals surface area contributed by atoms with Crippen molar-refractivity contribution in [1.29, 1.82) is 0 Å². The van der Waals surface area contributed by atoms with Crippen molar-refractivity contribution in [2.24, 2.45) is 0 Å². The molecule has 0 aliphatic heterocycles. The van der Waals surface area contributed by atoms with Gasteiger partial charge >= 0.3 is 0 Å². The first-order chi connectivity index (χ1) is 24.1. The van der Waals surface area contributed by atoms with Gasteiger partial charge in [0.15, 0.2) is 11.3 Å². The van der Waals surface area contributed by atoms with Crippen LogP contribution in [0.4, 0.5) is 0 Å². The molecule has 5 N–H and O–H groups in total. The monoisotopic (exact) mass is 681 g/mol. The van der Waals surface area contributed by atoms with E-state index in [-0.39, 0.29) is 42.8 Å². The van der Waals surface area contributed by atoms with Gasteiger partial charge in [0.2, 0.25) is 17.7 Å². The number of benzene rings is 2. The molecule has 0 radical (unpaired) electrons. The Morgan fingerprint density at radius 3 is 1.90 bits per heavy atom. The van der Waals surface area contributed by atoms with Gasteiger partial charge in [-0.05, 0) is 43.7 Å². The van der Waals surface area contributed by atoms with Crippen LogP contribution in [0.5, 0.6) is 0 Å². The van der Waals surface area contributed by atoms with Crippen LogP contribution in [-0.4, -0.2) is 85.7 Å². The highest BCUT2D eigenvalue weighted by Crippen LogP contribution is 2.26. The summed E-state index contributed by atoms with van der Waals surface area (Å²) >= 11 is 0. The van der Waals surface area contributed by atoms with E-state index < -0.39 is 0 Å². The van der Waals surface area contributed by atoms with Crippen LogP contribution in [0.1, 0.15) is 45.3 Å². The predicted octanol–water partition coefficient (Wildman–Crippen LogP) is 3.78. The number of nitrogens with zero attached hydrogens (tertiary/aromatic N) is 4. The molecular formula is C36H43N9O5. The summed E-state index contributed by atoms with van der Waals surface area (Å²) < 4.78 is 4.99. The Hall–Kier alpha value is -5.92. The Labute approximate surface area is 289 Å². The second kappa shape index (κ2) is 16.0. The molecule has 14 heteroatoms. The Bertz CT molecular complexity index is 2080. The van der Waals surface area contributed by atoms with Gasteiger partial charge in [0.05, 0.1) is 62.6 Å². The molecule has 0 saturated carbocycles. The minimum absolute atomic E-state index is 0.0636. The zero-order valence-electron chi connectivity index (χ0n) is 28.8. The van der Waals surface area contributed by atoms with Gasteiger partial charge in [-0.3, -0.25) is 19.2 Å². The molecule has 0 unspecified atom stereocenters. The number of carbonyl (C=O) groups is 3. The quantitative estimate of drug-likeness (QED) is 0.0771. The Kier molecular flexibility index (Phi) is 11.3. The smallest absolute Gasteiger partial charge is 0.242 e. The van der Waals surface area contributed by atoms with Crippen molar-refractivity contribution in [2.75, 3.05) is 33.3 Å². The molecule has 3 heterocycles. The van der Waals surface area contributed by atoms with E-state index in [0.717, 1.165) is 35.4 Å². The van der Waals surface area contributed by atoms with E-state index in [9.17, 15) is 19.2 Å². The van der Waals surface area contributed by atoms with Gasteiger partial charge in [0.1, 0.15) is 11.6 Å². The lowest BCUT2D eigenvalue weighted by atomic mass is 10.0. The number of fused-ring (bicyclic) bond motifs is 2. The normalized spacial score (nSPS) is 11.0. The SMILES string of the molecule is C=C(NCC(=O)N(CCC)Cc1ncc(-c2ccc3[nH]c4cc(-c5cnc(CN(CCC)C(=O)CNC(C)=O)[nH]5)ccc4c(=O)c3c2)[nH]1)OC. The molecule has 5 rings (SSSR count). The molecule has 0 aliphatic rings. The molecule has 0 fully saturated rings. The molecule has 0 spiro atoms. The summed E-state index contributed by atoms with van der Waals surface area (Å²) in [6, 6.07) is 11.2. The third-order valence-corrected chi connectivity index (χ3v) is 8.22. The van der Waals surface area contributed by atoms with E-state index in [2.05, 4.69) is 42.1 Å². The number of aromatic amines is 3. The third-order valence-electron chi connectivity index (χ3n) is 8.22. The highest BCUT2D eigenvalue weighted by atomic mass is 16.5. The van der Waals surface area contributed by atoms with Crippen LogP contribution in [0.15, 0.2) is 66.0 Å². The lowest BCUT2D eigenvalue weighted by molar-refractivity contribution is -0.133. The van der Waals surface area contributed by atoms with Crippen molar-refractivity contribution in [3.8, 4) is 22.5 Å². The number of ether oxygens (including phenoxy) is 1. The Morgan fingerprint density at radius 1 is 0.780 bits per heavy atom. The summed E-state index contributed by atoms with van der Waals surface area (Å²) in [7, 11) is 1.49. The van der Waals surface area contributed by atoms with Crippen molar-refractivity contribution >= 4 is 39.5 Å². The molecule has 0 saturated heterocycles. The molecule has 262 valence electrons. The molecule has 50 heavy (non-hydrogen) atoms. The van der Waals surface area contributed by atoms with Gasteiger partial charge in [-0.1, -0.05) is 26.0 Å². The first-order valence-electron chi connectivity index (χ1n) is 16.5. The summed E-state index contributed by atoms with van der Waals surface area (Å²) in [5, 5.41) is 6.49. The fraction of sp³-hybridized carbons (Fsp3) is 0.333. The minimum Gasteiger partial charge on any atom is -0.483 e. The molecule has 14 nitrogen and oxygen atoms in total. The predicted molar refractivity (Wildman–Crippen MR) is 191 cm³/mol. The van der Waals surface area contributed by atoms with Crippen LogP contribution in [0.25, 0.3) is 44.3 Å².